The monoisotopic (exact) mass is 744 g/mol. The van der Waals surface area contributed by atoms with Gasteiger partial charge in [-0.25, -0.2) is 0 Å². The van der Waals surface area contributed by atoms with E-state index in [0.29, 0.717) is 40.6 Å². The molecule has 14 heteroatoms. The highest BCUT2D eigenvalue weighted by Gasteiger charge is 2.56. The molecule has 3 N–H and O–H groups in total. The molecule has 1 spiro atoms. The predicted molar refractivity (Wildman–Crippen MR) is 195 cm³/mol. The number of rotatable bonds is 14. The Morgan fingerprint density at radius 2 is 1.75 bits per heavy atom. The molecule has 0 aromatic heterocycles. The van der Waals surface area contributed by atoms with E-state index in [-0.39, 0.29) is 43.7 Å². The predicted octanol–water partition coefficient (Wildman–Crippen LogP) is 4.46. The van der Waals surface area contributed by atoms with Gasteiger partial charge in [-0.15, -0.1) is 0 Å². The third-order valence-electron chi connectivity index (χ3n) is 10.4. The lowest BCUT2D eigenvalue weighted by molar-refractivity contribution is -0.145. The molecule has 0 unspecified atom stereocenters. The molecule has 2 heterocycles. The topological polar surface area (TPSA) is 165 Å². The quantitative estimate of drug-likeness (QED) is 0.235. The standard InChI is InChI=1S/C38H54ClN5O8/c1-7-11-26(32(46)35(48)40-23-14-15-23)41-34(47)28-20-38(19-27(43-52-38)24-17-25(39)30(51-6)18-29(24)50-5)21-44(28)36(49)33(37(2,3)4)42-31(45)16-22-12-9-8-10-13-22/h17-18,22-23,26,28,33H,7-16,19-21H2,1-6H3,(H,40,48)(H,41,47)(H,42,45)/t26-,28+,33-,38-/m1/s1/i26D. The van der Waals surface area contributed by atoms with Gasteiger partial charge in [-0.1, -0.05) is 70.1 Å². The van der Waals surface area contributed by atoms with E-state index < -0.39 is 52.6 Å². The highest BCUT2D eigenvalue weighted by Crippen LogP contribution is 2.42. The molecular formula is C38H54ClN5O8. The van der Waals surface area contributed by atoms with Crippen molar-refractivity contribution in [3.63, 3.8) is 0 Å². The van der Waals surface area contributed by atoms with E-state index in [2.05, 4.69) is 21.1 Å². The minimum absolute atomic E-state index is 0.0404. The van der Waals surface area contributed by atoms with Crippen LogP contribution in [0.1, 0.15) is 112 Å². The van der Waals surface area contributed by atoms with Crippen molar-refractivity contribution in [1.82, 2.24) is 20.9 Å². The van der Waals surface area contributed by atoms with Crippen LogP contribution in [0.3, 0.4) is 0 Å². The molecule has 0 bridgehead atoms. The van der Waals surface area contributed by atoms with Crippen molar-refractivity contribution in [3.05, 3.63) is 22.7 Å². The van der Waals surface area contributed by atoms with E-state index in [9.17, 15) is 24.0 Å². The van der Waals surface area contributed by atoms with Crippen LogP contribution in [0.2, 0.25) is 5.02 Å². The lowest BCUT2D eigenvalue weighted by atomic mass is 9.84. The zero-order chi connectivity index (χ0) is 38.7. The lowest BCUT2D eigenvalue weighted by Gasteiger charge is -2.36. The highest BCUT2D eigenvalue weighted by molar-refractivity contribution is 6.38. The molecule has 52 heavy (non-hydrogen) atoms. The van der Waals surface area contributed by atoms with Crippen molar-refractivity contribution in [2.75, 3.05) is 20.8 Å². The molecule has 4 aliphatic rings. The smallest absolute Gasteiger partial charge is 0.289 e. The number of hydrogen-bond donors (Lipinski definition) is 3. The fraction of sp³-hybridized carbons (Fsp3) is 0.684. The van der Waals surface area contributed by atoms with Crippen LogP contribution >= 0.6 is 11.6 Å². The molecule has 5 rings (SSSR count). The summed E-state index contributed by atoms with van der Waals surface area (Å²) in [5.74, 6) is -2.43. The van der Waals surface area contributed by atoms with Crippen LogP contribution in [0, 0.1) is 11.3 Å². The number of halogens is 1. The third kappa shape index (κ3) is 9.19. The summed E-state index contributed by atoms with van der Waals surface area (Å²) in [6.45, 7) is 7.20. The maximum absolute atomic E-state index is 14.7. The molecule has 286 valence electrons. The van der Waals surface area contributed by atoms with Crippen LogP contribution in [0.15, 0.2) is 17.3 Å². The first-order valence-corrected chi connectivity index (χ1v) is 18.8. The van der Waals surface area contributed by atoms with Gasteiger partial charge in [0.2, 0.25) is 23.5 Å². The minimum Gasteiger partial charge on any atom is -0.496 e. The highest BCUT2D eigenvalue weighted by atomic mass is 35.5. The fourth-order valence-corrected chi connectivity index (χ4v) is 7.62. The maximum atomic E-state index is 14.7. The summed E-state index contributed by atoms with van der Waals surface area (Å²) in [6, 6.07) is -1.33. The van der Waals surface area contributed by atoms with E-state index in [4.69, 9.17) is 27.3 Å². The van der Waals surface area contributed by atoms with Crippen LogP contribution in [-0.4, -0.2) is 90.5 Å². The van der Waals surface area contributed by atoms with Gasteiger partial charge in [0.05, 0.1) is 38.9 Å². The number of carbonyl (C=O) groups excluding carboxylic acids is 5. The second kappa shape index (κ2) is 16.4. The number of Topliss-reactive ketones (excluding diaryl/α,β-unsaturated/α-hetero) is 1. The Hall–Kier alpha value is -3.87. The Bertz CT molecular complexity index is 1620. The number of nitrogens with one attached hydrogen (secondary N) is 3. The van der Waals surface area contributed by atoms with Crippen molar-refractivity contribution in [1.29, 1.82) is 0 Å². The summed E-state index contributed by atoms with van der Waals surface area (Å²) in [7, 11) is 2.99. The zero-order valence-electron chi connectivity index (χ0n) is 32.2. The number of ketones is 1. The number of likely N-dealkylation sites (tertiary alicyclic amines) is 1. The van der Waals surface area contributed by atoms with Gasteiger partial charge in [-0.2, -0.15) is 0 Å². The maximum Gasteiger partial charge on any atom is 0.289 e. The molecule has 0 radical (unpaired) electrons. The minimum atomic E-state index is -2.27. The average Bonchev–Trinajstić information content (AvgIpc) is 3.71. The molecule has 2 saturated carbocycles. The zero-order valence-corrected chi connectivity index (χ0v) is 32.0. The van der Waals surface area contributed by atoms with Gasteiger partial charge in [0.15, 0.2) is 5.60 Å². The van der Waals surface area contributed by atoms with Gasteiger partial charge < -0.3 is 35.2 Å². The number of benzene rings is 1. The molecule has 1 saturated heterocycles. The van der Waals surface area contributed by atoms with Gasteiger partial charge in [0.1, 0.15) is 23.6 Å². The van der Waals surface area contributed by atoms with E-state index in [1.54, 1.807) is 19.1 Å². The molecular weight excluding hydrogens is 690 g/mol. The van der Waals surface area contributed by atoms with Gasteiger partial charge in [0.25, 0.3) is 5.91 Å². The Balaban J connectivity index is 1.44. The number of carbonyl (C=O) groups is 5. The SMILES string of the molecule is [2H][C@](CCC)(NC(=O)[C@@H]1C[C@]2(CC(c3cc(Cl)c(OC)cc3OC)=NO2)CN1C(=O)[C@@H](NC(=O)CC1CCCCC1)C(C)(C)C)C(=O)C(=O)NC1CC1. The molecule has 13 nitrogen and oxygen atoms in total. The van der Waals surface area contributed by atoms with E-state index in [1.165, 1.54) is 19.1 Å². The first-order valence-electron chi connectivity index (χ1n) is 19.0. The van der Waals surface area contributed by atoms with Gasteiger partial charge >= 0.3 is 0 Å². The van der Waals surface area contributed by atoms with E-state index in [1.807, 2.05) is 20.8 Å². The van der Waals surface area contributed by atoms with Crippen LogP contribution in [0.5, 0.6) is 11.5 Å². The van der Waals surface area contributed by atoms with E-state index in [0.717, 1.165) is 44.9 Å². The molecule has 4 atom stereocenters. The van der Waals surface area contributed by atoms with Gasteiger partial charge in [-0.05, 0) is 49.5 Å². The molecule has 3 fully saturated rings. The van der Waals surface area contributed by atoms with Gasteiger partial charge in [-0.3, -0.25) is 24.0 Å². The normalized spacial score (nSPS) is 23.8. The molecule has 4 amide bonds. The fourth-order valence-electron chi connectivity index (χ4n) is 7.38. The first kappa shape index (κ1) is 37.9. The van der Waals surface area contributed by atoms with E-state index >= 15 is 0 Å². The van der Waals surface area contributed by atoms with Crippen molar-refractivity contribution in [2.45, 2.75) is 134 Å². The first-order chi connectivity index (χ1) is 25.0. The number of hydrogen-bond acceptors (Lipinski definition) is 9. The summed E-state index contributed by atoms with van der Waals surface area (Å²) >= 11 is 6.47. The Labute approximate surface area is 312 Å². The molecule has 1 aromatic rings. The second-order valence-corrected chi connectivity index (χ2v) is 16.1. The molecule has 2 aliphatic heterocycles. The Kier molecular flexibility index (Phi) is 12.0. The van der Waals surface area contributed by atoms with Crippen LogP contribution in [-0.2, 0) is 28.8 Å². The summed E-state index contributed by atoms with van der Waals surface area (Å²) in [6.07, 6.45) is 7.37. The molecule has 2 aliphatic carbocycles. The van der Waals surface area contributed by atoms with Crippen molar-refractivity contribution < 1.29 is 39.7 Å². The summed E-state index contributed by atoms with van der Waals surface area (Å²) < 4.78 is 20.0. The number of oxime groups is 1. The average molecular weight is 745 g/mol. The van der Waals surface area contributed by atoms with Gasteiger partial charge in [0, 0.05) is 36.9 Å². The lowest BCUT2D eigenvalue weighted by Crippen LogP contribution is -2.59. The Morgan fingerprint density at radius 1 is 1.06 bits per heavy atom. The third-order valence-corrected chi connectivity index (χ3v) is 10.7. The van der Waals surface area contributed by atoms with Crippen LogP contribution < -0.4 is 25.4 Å². The van der Waals surface area contributed by atoms with Crippen LogP contribution in [0.25, 0.3) is 0 Å². The summed E-state index contributed by atoms with van der Waals surface area (Å²) in [4.78, 5) is 76.2. The summed E-state index contributed by atoms with van der Waals surface area (Å²) in [5.41, 5.74) is -0.911. The van der Waals surface area contributed by atoms with Crippen molar-refractivity contribution in [2.24, 2.45) is 16.5 Å². The number of nitrogens with zero attached hydrogens (tertiary/aromatic N) is 2. The number of ether oxygens (including phenoxy) is 2. The molecule has 1 aromatic carbocycles. The number of methoxy groups -OCH3 is 2. The summed E-state index contributed by atoms with van der Waals surface area (Å²) in [5, 5.41) is 12.9. The van der Waals surface area contributed by atoms with Crippen molar-refractivity contribution in [3.8, 4) is 11.5 Å². The van der Waals surface area contributed by atoms with Crippen LogP contribution in [0.4, 0.5) is 0 Å². The Morgan fingerprint density at radius 3 is 2.37 bits per heavy atom. The second-order valence-electron chi connectivity index (χ2n) is 15.7. The number of amides is 4. The van der Waals surface area contributed by atoms with Crippen molar-refractivity contribution >= 4 is 46.7 Å². The largest absolute Gasteiger partial charge is 0.496 e.